The van der Waals surface area contributed by atoms with Crippen LogP contribution in [0.15, 0.2) is 60.8 Å². The number of carbonyl (C=O) groups excluding carboxylic acids is 1. The highest BCUT2D eigenvalue weighted by Crippen LogP contribution is 2.29. The fourth-order valence-electron chi connectivity index (χ4n) is 2.56. The van der Waals surface area contributed by atoms with Gasteiger partial charge >= 0.3 is 0 Å². The second-order valence-corrected chi connectivity index (χ2v) is 5.89. The molecule has 0 saturated heterocycles. The van der Waals surface area contributed by atoms with Gasteiger partial charge in [-0.15, -0.1) is 0 Å². The van der Waals surface area contributed by atoms with E-state index in [1.165, 1.54) is 6.20 Å². The number of nitrogens with one attached hydrogen (secondary N) is 2. The van der Waals surface area contributed by atoms with Gasteiger partial charge in [0.15, 0.2) is 0 Å². The first kappa shape index (κ1) is 18.3. The fourth-order valence-corrected chi connectivity index (χ4v) is 2.56. The van der Waals surface area contributed by atoms with Crippen molar-refractivity contribution in [2.24, 2.45) is 0 Å². The highest BCUT2D eigenvalue weighted by molar-refractivity contribution is 6.05. The predicted octanol–water partition coefficient (Wildman–Crippen LogP) is 4.40. The van der Waals surface area contributed by atoms with Crippen molar-refractivity contribution in [1.82, 2.24) is 4.98 Å². The molecule has 6 nitrogen and oxygen atoms in total. The largest absolute Gasteiger partial charge is 0.497 e. The van der Waals surface area contributed by atoms with Crippen molar-refractivity contribution in [3.05, 3.63) is 71.9 Å². The number of pyridine rings is 1. The minimum absolute atomic E-state index is 0.281. The van der Waals surface area contributed by atoms with E-state index in [1.54, 1.807) is 44.6 Å². The van der Waals surface area contributed by atoms with Crippen LogP contribution < -0.4 is 20.1 Å². The first-order valence-corrected chi connectivity index (χ1v) is 8.43. The van der Waals surface area contributed by atoms with E-state index in [9.17, 15) is 4.79 Å². The van der Waals surface area contributed by atoms with Crippen molar-refractivity contribution < 1.29 is 14.3 Å². The molecule has 2 aromatic carbocycles. The first-order chi connectivity index (χ1) is 13.1. The van der Waals surface area contributed by atoms with Gasteiger partial charge in [-0.3, -0.25) is 4.79 Å². The van der Waals surface area contributed by atoms with E-state index in [1.807, 2.05) is 31.2 Å². The van der Waals surface area contributed by atoms with Crippen LogP contribution in [0.2, 0.25) is 0 Å². The number of rotatable bonds is 6. The molecule has 0 fully saturated rings. The van der Waals surface area contributed by atoms with E-state index in [0.717, 1.165) is 11.3 Å². The quantitative estimate of drug-likeness (QED) is 0.679. The lowest BCUT2D eigenvalue weighted by molar-refractivity contribution is 0.102. The summed E-state index contributed by atoms with van der Waals surface area (Å²) in [5, 5.41) is 6.07. The number of ether oxygens (including phenoxy) is 2. The van der Waals surface area contributed by atoms with Crippen molar-refractivity contribution in [2.45, 2.75) is 6.92 Å². The summed E-state index contributed by atoms with van der Waals surface area (Å²) in [7, 11) is 3.11. The van der Waals surface area contributed by atoms with E-state index in [-0.39, 0.29) is 5.91 Å². The third kappa shape index (κ3) is 4.36. The molecule has 27 heavy (non-hydrogen) atoms. The minimum Gasteiger partial charge on any atom is -0.497 e. The molecule has 1 heterocycles. The van der Waals surface area contributed by atoms with Gasteiger partial charge in [0.05, 0.1) is 25.5 Å². The van der Waals surface area contributed by atoms with Crippen LogP contribution in [0.1, 0.15) is 15.9 Å². The Morgan fingerprint density at radius 2 is 1.78 bits per heavy atom. The number of amides is 1. The SMILES string of the molecule is COc1ccc(OC)c(NC(=O)c2ccc(Nc3ccccc3C)nc2)c1. The zero-order valence-electron chi connectivity index (χ0n) is 15.4. The molecular weight excluding hydrogens is 342 g/mol. The maximum Gasteiger partial charge on any atom is 0.257 e. The predicted molar refractivity (Wildman–Crippen MR) is 106 cm³/mol. The second-order valence-electron chi connectivity index (χ2n) is 5.89. The molecule has 1 amide bonds. The molecule has 0 bridgehead atoms. The van der Waals surface area contributed by atoms with Crippen LogP contribution in [0.25, 0.3) is 0 Å². The van der Waals surface area contributed by atoms with Gasteiger partial charge < -0.3 is 20.1 Å². The lowest BCUT2D eigenvalue weighted by atomic mass is 10.2. The summed E-state index contributed by atoms with van der Waals surface area (Å²) in [5.41, 5.74) is 3.06. The molecule has 0 aliphatic carbocycles. The monoisotopic (exact) mass is 363 g/mol. The van der Waals surface area contributed by atoms with Crippen molar-refractivity contribution in [1.29, 1.82) is 0 Å². The van der Waals surface area contributed by atoms with Gasteiger partial charge in [0, 0.05) is 18.0 Å². The molecule has 1 aromatic heterocycles. The van der Waals surface area contributed by atoms with Gasteiger partial charge in [0.25, 0.3) is 5.91 Å². The number of para-hydroxylation sites is 1. The molecule has 0 unspecified atom stereocenters. The maximum absolute atomic E-state index is 12.5. The Kier molecular flexibility index (Phi) is 5.56. The third-order valence-corrected chi connectivity index (χ3v) is 4.09. The summed E-state index contributed by atoms with van der Waals surface area (Å²) in [6.45, 7) is 2.02. The number of aryl methyl sites for hydroxylation is 1. The summed E-state index contributed by atoms with van der Waals surface area (Å²) >= 11 is 0. The molecule has 6 heteroatoms. The summed E-state index contributed by atoms with van der Waals surface area (Å²) in [6, 6.07) is 16.6. The molecule has 0 spiro atoms. The Morgan fingerprint density at radius 3 is 2.44 bits per heavy atom. The van der Waals surface area contributed by atoms with E-state index < -0.39 is 0 Å². The molecule has 0 saturated carbocycles. The van der Waals surface area contributed by atoms with Crippen LogP contribution in [0.3, 0.4) is 0 Å². The molecule has 138 valence electrons. The third-order valence-electron chi connectivity index (χ3n) is 4.09. The Morgan fingerprint density at radius 1 is 0.963 bits per heavy atom. The first-order valence-electron chi connectivity index (χ1n) is 8.43. The normalized spacial score (nSPS) is 10.2. The summed E-state index contributed by atoms with van der Waals surface area (Å²) < 4.78 is 10.5. The van der Waals surface area contributed by atoms with Gasteiger partial charge in [-0.2, -0.15) is 0 Å². The topological polar surface area (TPSA) is 72.5 Å². The van der Waals surface area contributed by atoms with Crippen LogP contribution in [0.5, 0.6) is 11.5 Å². The average Bonchev–Trinajstić information content (AvgIpc) is 2.70. The Bertz CT molecular complexity index is 940. The fraction of sp³-hybridized carbons (Fsp3) is 0.143. The lowest BCUT2D eigenvalue weighted by Gasteiger charge is -2.12. The number of benzene rings is 2. The maximum atomic E-state index is 12.5. The molecule has 0 radical (unpaired) electrons. The zero-order chi connectivity index (χ0) is 19.2. The van der Waals surface area contributed by atoms with Gasteiger partial charge in [-0.05, 0) is 42.8 Å². The van der Waals surface area contributed by atoms with Crippen molar-refractivity contribution in [3.63, 3.8) is 0 Å². The number of nitrogens with zero attached hydrogens (tertiary/aromatic N) is 1. The number of carbonyl (C=O) groups is 1. The zero-order valence-corrected chi connectivity index (χ0v) is 15.4. The number of methoxy groups -OCH3 is 2. The van der Waals surface area contributed by atoms with Crippen molar-refractivity contribution >= 4 is 23.1 Å². The number of anilines is 3. The molecule has 2 N–H and O–H groups in total. The molecule has 3 rings (SSSR count). The Labute approximate surface area is 158 Å². The molecular formula is C21H21N3O3. The van der Waals surface area contributed by atoms with Crippen molar-refractivity contribution in [3.8, 4) is 11.5 Å². The minimum atomic E-state index is -0.281. The molecule has 0 aliphatic rings. The summed E-state index contributed by atoms with van der Waals surface area (Å²) in [4.78, 5) is 16.9. The van der Waals surface area contributed by atoms with E-state index in [0.29, 0.717) is 28.6 Å². The smallest absolute Gasteiger partial charge is 0.257 e. The standard InChI is InChI=1S/C21H21N3O3/c1-14-6-4-5-7-17(14)23-20-11-8-15(13-22-20)21(25)24-18-12-16(26-2)9-10-19(18)27-3/h4-13H,1-3H3,(H,22,23)(H,24,25). The van der Waals surface area contributed by atoms with Crippen LogP contribution in [-0.2, 0) is 0 Å². The van der Waals surface area contributed by atoms with Gasteiger partial charge in [-0.25, -0.2) is 4.98 Å². The van der Waals surface area contributed by atoms with Gasteiger partial charge in [-0.1, -0.05) is 18.2 Å². The Balaban J connectivity index is 1.74. The molecule has 0 atom stereocenters. The van der Waals surface area contributed by atoms with Crippen LogP contribution >= 0.6 is 0 Å². The van der Waals surface area contributed by atoms with Crippen LogP contribution in [0, 0.1) is 6.92 Å². The summed E-state index contributed by atoms with van der Waals surface area (Å²) in [6.07, 6.45) is 1.53. The lowest BCUT2D eigenvalue weighted by Crippen LogP contribution is -2.13. The Hall–Kier alpha value is -3.54. The number of aromatic nitrogens is 1. The van der Waals surface area contributed by atoms with Crippen LogP contribution in [0.4, 0.5) is 17.2 Å². The second kappa shape index (κ2) is 8.23. The van der Waals surface area contributed by atoms with E-state index >= 15 is 0 Å². The highest BCUT2D eigenvalue weighted by Gasteiger charge is 2.12. The number of hydrogen-bond acceptors (Lipinski definition) is 5. The molecule has 0 aliphatic heterocycles. The van der Waals surface area contributed by atoms with E-state index in [4.69, 9.17) is 9.47 Å². The van der Waals surface area contributed by atoms with Gasteiger partial charge in [0.2, 0.25) is 0 Å². The number of hydrogen-bond donors (Lipinski definition) is 2. The summed E-state index contributed by atoms with van der Waals surface area (Å²) in [5.74, 6) is 1.56. The van der Waals surface area contributed by atoms with Crippen LogP contribution in [-0.4, -0.2) is 25.1 Å². The van der Waals surface area contributed by atoms with E-state index in [2.05, 4.69) is 15.6 Å². The average molecular weight is 363 g/mol. The highest BCUT2D eigenvalue weighted by atomic mass is 16.5. The molecule has 3 aromatic rings. The van der Waals surface area contributed by atoms with Crippen molar-refractivity contribution in [2.75, 3.05) is 24.9 Å². The van der Waals surface area contributed by atoms with Gasteiger partial charge in [0.1, 0.15) is 17.3 Å².